The average Bonchev–Trinajstić information content (AvgIpc) is 3.39. The maximum Gasteiger partial charge on any atom is 0.249 e. The molecule has 8 nitrogen and oxygen atoms in total. The van der Waals surface area contributed by atoms with E-state index in [-0.39, 0.29) is 18.4 Å². The summed E-state index contributed by atoms with van der Waals surface area (Å²) >= 11 is 0. The fourth-order valence-corrected chi connectivity index (χ4v) is 5.09. The first-order valence-corrected chi connectivity index (χ1v) is 13.7. The Kier molecular flexibility index (Phi) is 8.39. The Hall–Kier alpha value is -4.98. The number of nitrogens with one attached hydrogen (secondary N) is 1. The van der Waals surface area contributed by atoms with Crippen molar-refractivity contribution in [1.82, 2.24) is 20.3 Å². The van der Waals surface area contributed by atoms with Gasteiger partial charge in [0.05, 0.1) is 17.8 Å². The minimum Gasteiger partial charge on any atom is -0.493 e. The van der Waals surface area contributed by atoms with Crippen molar-refractivity contribution in [2.75, 3.05) is 11.5 Å². The van der Waals surface area contributed by atoms with Gasteiger partial charge in [0.2, 0.25) is 11.8 Å². The number of hydrogen-bond donors (Lipinski definition) is 1. The Morgan fingerprint density at radius 3 is 2.32 bits per heavy atom. The van der Waals surface area contributed by atoms with Gasteiger partial charge in [-0.1, -0.05) is 84.1 Å². The number of aromatic nitrogens is 3. The number of amides is 2. The lowest BCUT2D eigenvalue weighted by Crippen LogP contribution is -2.46. The molecule has 5 rings (SSSR count). The number of ether oxygens (including phenoxy) is 1. The van der Waals surface area contributed by atoms with Crippen molar-refractivity contribution in [3.8, 4) is 5.75 Å². The Morgan fingerprint density at radius 2 is 1.56 bits per heavy atom. The predicted octanol–water partition coefficient (Wildman–Crippen LogP) is 5.54. The zero-order chi connectivity index (χ0) is 28.8. The second-order valence-corrected chi connectivity index (χ2v) is 9.82. The van der Waals surface area contributed by atoms with Gasteiger partial charge in [-0.05, 0) is 55.7 Å². The third-order valence-electron chi connectivity index (χ3n) is 6.98. The summed E-state index contributed by atoms with van der Waals surface area (Å²) in [6.07, 6.45) is 0. The number of nitrogens with zero attached hydrogens (tertiary/aromatic N) is 4. The summed E-state index contributed by atoms with van der Waals surface area (Å²) in [4.78, 5) is 30.3. The summed E-state index contributed by atoms with van der Waals surface area (Å²) in [7, 11) is 0. The van der Waals surface area contributed by atoms with Crippen molar-refractivity contribution in [3.63, 3.8) is 0 Å². The lowest BCUT2D eigenvalue weighted by atomic mass is 9.98. The minimum atomic E-state index is -1.01. The largest absolute Gasteiger partial charge is 0.493 e. The number of fused-ring (bicyclic) bond motifs is 1. The zero-order valence-corrected chi connectivity index (χ0v) is 23.4. The normalized spacial score (nSPS) is 11.7. The quantitative estimate of drug-likeness (QED) is 0.248. The van der Waals surface area contributed by atoms with Gasteiger partial charge in [0, 0.05) is 12.1 Å². The van der Waals surface area contributed by atoms with Gasteiger partial charge in [0.15, 0.2) is 0 Å². The summed E-state index contributed by atoms with van der Waals surface area (Å²) < 4.78 is 7.55. The standard InChI is InChI=1S/C33H33N5O3/c1-4-41-29-20-11-8-17-26(29)32(33(40)34-21-25-15-6-5-7-16-25)38(31-23(2)13-12-14-24(31)3)30(39)22-37-28-19-10-9-18-27(28)35-36-37/h5-20,32H,4,21-22H2,1-3H3,(H,34,40)/t32-/m0/s1. The van der Waals surface area contributed by atoms with E-state index in [1.54, 1.807) is 9.58 Å². The van der Waals surface area contributed by atoms with Gasteiger partial charge in [-0.15, -0.1) is 5.10 Å². The number of para-hydroxylation sites is 3. The van der Waals surface area contributed by atoms with E-state index in [0.717, 1.165) is 22.2 Å². The molecule has 1 heterocycles. The van der Waals surface area contributed by atoms with Gasteiger partial charge in [0.25, 0.3) is 0 Å². The van der Waals surface area contributed by atoms with Gasteiger partial charge in [0.1, 0.15) is 23.9 Å². The van der Waals surface area contributed by atoms with Gasteiger partial charge in [-0.2, -0.15) is 0 Å². The lowest BCUT2D eigenvalue weighted by molar-refractivity contribution is -0.127. The van der Waals surface area contributed by atoms with Crippen LogP contribution in [0.2, 0.25) is 0 Å². The predicted molar refractivity (Wildman–Crippen MR) is 160 cm³/mol. The molecule has 1 atom stereocenters. The molecular formula is C33H33N5O3. The summed E-state index contributed by atoms with van der Waals surface area (Å²) in [6.45, 7) is 6.41. The molecule has 4 aromatic carbocycles. The van der Waals surface area contributed by atoms with E-state index in [0.29, 0.717) is 35.7 Å². The maximum absolute atomic E-state index is 14.4. The van der Waals surface area contributed by atoms with Crippen molar-refractivity contribution >= 4 is 28.5 Å². The highest BCUT2D eigenvalue weighted by Crippen LogP contribution is 2.37. The Labute approximate surface area is 239 Å². The van der Waals surface area contributed by atoms with Gasteiger partial charge in [-0.25, -0.2) is 4.68 Å². The van der Waals surface area contributed by atoms with Crippen LogP contribution in [0.5, 0.6) is 5.75 Å². The molecule has 0 aliphatic carbocycles. The summed E-state index contributed by atoms with van der Waals surface area (Å²) in [5.41, 5.74) is 5.40. The Bertz CT molecular complexity index is 1640. The molecule has 0 radical (unpaired) electrons. The molecule has 0 saturated carbocycles. The van der Waals surface area contributed by atoms with Crippen molar-refractivity contribution in [3.05, 3.63) is 119 Å². The average molecular weight is 548 g/mol. The molecule has 0 fully saturated rings. The first-order valence-electron chi connectivity index (χ1n) is 13.7. The van der Waals surface area contributed by atoms with Crippen LogP contribution in [0.15, 0.2) is 97.1 Å². The second kappa shape index (κ2) is 12.5. The summed E-state index contributed by atoms with van der Waals surface area (Å²) in [5, 5.41) is 11.5. The van der Waals surface area contributed by atoms with Gasteiger partial charge < -0.3 is 10.1 Å². The topological polar surface area (TPSA) is 89.4 Å². The third kappa shape index (κ3) is 5.96. The number of benzene rings is 4. The van der Waals surface area contributed by atoms with E-state index in [1.165, 1.54) is 0 Å². The SMILES string of the molecule is CCOc1ccccc1[C@@H](C(=O)NCc1ccccc1)N(C(=O)Cn1nnc2ccccc21)c1c(C)cccc1C. The van der Waals surface area contributed by atoms with Crippen LogP contribution >= 0.6 is 0 Å². The van der Waals surface area contributed by atoms with Crippen molar-refractivity contribution < 1.29 is 14.3 Å². The highest BCUT2D eigenvalue weighted by molar-refractivity contribution is 6.03. The zero-order valence-electron chi connectivity index (χ0n) is 23.4. The Morgan fingerprint density at radius 1 is 0.878 bits per heavy atom. The van der Waals surface area contributed by atoms with Crippen molar-refractivity contribution in [1.29, 1.82) is 0 Å². The number of hydrogen-bond acceptors (Lipinski definition) is 5. The van der Waals surface area contributed by atoms with E-state index in [2.05, 4.69) is 15.6 Å². The molecule has 41 heavy (non-hydrogen) atoms. The maximum atomic E-state index is 14.4. The highest BCUT2D eigenvalue weighted by atomic mass is 16.5. The highest BCUT2D eigenvalue weighted by Gasteiger charge is 2.36. The van der Waals surface area contributed by atoms with Crippen LogP contribution in [0.25, 0.3) is 11.0 Å². The van der Waals surface area contributed by atoms with Crippen molar-refractivity contribution in [2.45, 2.75) is 39.9 Å². The lowest BCUT2D eigenvalue weighted by Gasteiger charge is -2.34. The molecular weight excluding hydrogens is 514 g/mol. The van der Waals surface area contributed by atoms with Crippen LogP contribution in [0.1, 0.15) is 35.2 Å². The molecule has 1 aromatic heterocycles. The number of aryl methyl sites for hydroxylation is 2. The first kappa shape index (κ1) is 27.6. The molecule has 1 N–H and O–H groups in total. The molecule has 0 bridgehead atoms. The molecule has 0 aliphatic rings. The Balaban J connectivity index is 1.63. The third-order valence-corrected chi connectivity index (χ3v) is 6.98. The van der Waals surface area contributed by atoms with Crippen molar-refractivity contribution in [2.24, 2.45) is 0 Å². The van der Waals surface area contributed by atoms with E-state index in [4.69, 9.17) is 4.74 Å². The van der Waals surface area contributed by atoms with E-state index in [9.17, 15) is 9.59 Å². The fourth-order valence-electron chi connectivity index (χ4n) is 5.09. The summed E-state index contributed by atoms with van der Waals surface area (Å²) in [5.74, 6) is -0.0743. The van der Waals surface area contributed by atoms with E-state index < -0.39 is 6.04 Å². The van der Waals surface area contributed by atoms with Crippen LogP contribution in [0, 0.1) is 13.8 Å². The van der Waals surface area contributed by atoms with Gasteiger partial charge >= 0.3 is 0 Å². The van der Waals surface area contributed by atoms with E-state index >= 15 is 0 Å². The number of anilines is 1. The van der Waals surface area contributed by atoms with Crippen LogP contribution < -0.4 is 15.0 Å². The molecule has 0 aliphatic heterocycles. The number of carbonyl (C=O) groups is 2. The first-order chi connectivity index (χ1) is 20.0. The molecule has 0 unspecified atom stereocenters. The molecule has 0 spiro atoms. The smallest absolute Gasteiger partial charge is 0.249 e. The van der Waals surface area contributed by atoms with Crippen LogP contribution in [-0.2, 0) is 22.7 Å². The molecule has 0 saturated heterocycles. The minimum absolute atomic E-state index is 0.104. The molecule has 8 heteroatoms. The number of rotatable bonds is 10. The second-order valence-electron chi connectivity index (χ2n) is 9.82. The van der Waals surface area contributed by atoms with Gasteiger partial charge in [-0.3, -0.25) is 14.5 Å². The van der Waals surface area contributed by atoms with E-state index in [1.807, 2.05) is 118 Å². The number of carbonyl (C=O) groups excluding carboxylic acids is 2. The van der Waals surface area contributed by atoms with Crippen LogP contribution in [0.4, 0.5) is 5.69 Å². The van der Waals surface area contributed by atoms with Crippen LogP contribution in [-0.4, -0.2) is 33.4 Å². The fraction of sp³-hybridized carbons (Fsp3) is 0.212. The molecule has 5 aromatic rings. The summed E-state index contributed by atoms with van der Waals surface area (Å²) in [6, 6.07) is 29.4. The molecule has 2 amide bonds. The molecule has 208 valence electrons. The van der Waals surface area contributed by atoms with Crippen LogP contribution in [0.3, 0.4) is 0 Å². The monoisotopic (exact) mass is 547 g/mol.